The molecule has 0 spiro atoms. The molecule has 0 saturated carbocycles. The largest absolute Gasteiger partial charge is 0.337 e. The van der Waals surface area contributed by atoms with Crippen molar-refractivity contribution in [3.05, 3.63) is 39.9 Å². The number of rotatable bonds is 5. The summed E-state index contributed by atoms with van der Waals surface area (Å²) >= 11 is 7.52. The second-order valence-corrected chi connectivity index (χ2v) is 7.77. The van der Waals surface area contributed by atoms with E-state index in [9.17, 15) is 9.59 Å². The van der Waals surface area contributed by atoms with E-state index < -0.39 is 0 Å². The number of nitrogens with zero attached hydrogens (tertiary/aromatic N) is 3. The van der Waals surface area contributed by atoms with E-state index in [-0.39, 0.29) is 30.1 Å². The summed E-state index contributed by atoms with van der Waals surface area (Å²) in [4.78, 5) is 26.3. The van der Waals surface area contributed by atoms with Crippen LogP contribution in [-0.2, 0) is 16.1 Å². The number of carbonyl (C=O) groups excluding carboxylic acids is 2. The zero-order valence-electron chi connectivity index (χ0n) is 14.0. The Bertz CT molecular complexity index is 792. The lowest BCUT2D eigenvalue weighted by Crippen LogP contribution is -2.28. The monoisotopic (exact) mass is 378 g/mol. The van der Waals surface area contributed by atoms with Gasteiger partial charge in [0.1, 0.15) is 5.01 Å². The van der Waals surface area contributed by atoms with Gasteiger partial charge in [0.05, 0.1) is 5.92 Å². The lowest BCUT2D eigenvalue weighted by atomic mass is 10.1. The van der Waals surface area contributed by atoms with Crippen molar-refractivity contribution in [2.24, 2.45) is 5.92 Å². The van der Waals surface area contributed by atoms with Gasteiger partial charge in [0.25, 0.3) is 0 Å². The molecule has 1 aromatic carbocycles. The molecule has 1 N–H and O–H groups in total. The van der Waals surface area contributed by atoms with Crippen LogP contribution in [0.1, 0.15) is 36.8 Å². The average molecular weight is 379 g/mol. The highest BCUT2D eigenvalue weighted by atomic mass is 35.5. The van der Waals surface area contributed by atoms with Crippen LogP contribution < -0.4 is 5.32 Å². The molecule has 3 rings (SSSR count). The predicted molar refractivity (Wildman–Crippen MR) is 97.6 cm³/mol. The summed E-state index contributed by atoms with van der Waals surface area (Å²) in [7, 11) is 0. The maximum Gasteiger partial charge on any atom is 0.231 e. The minimum absolute atomic E-state index is 0.0415. The second-order valence-electron chi connectivity index (χ2n) is 6.36. The third kappa shape index (κ3) is 4.16. The maximum atomic E-state index is 12.4. The summed E-state index contributed by atoms with van der Waals surface area (Å²) in [6, 6.07) is 7.41. The van der Waals surface area contributed by atoms with E-state index in [0.29, 0.717) is 23.2 Å². The van der Waals surface area contributed by atoms with Crippen LogP contribution in [0, 0.1) is 5.92 Å². The van der Waals surface area contributed by atoms with E-state index in [4.69, 9.17) is 11.6 Å². The molecule has 6 nitrogen and oxygen atoms in total. The van der Waals surface area contributed by atoms with Gasteiger partial charge in [-0.25, -0.2) is 0 Å². The molecule has 2 amide bonds. The van der Waals surface area contributed by atoms with E-state index in [1.165, 1.54) is 11.3 Å². The first kappa shape index (κ1) is 17.8. The molecule has 0 radical (unpaired) electrons. The Labute approximate surface area is 155 Å². The Balaban J connectivity index is 1.61. The number of likely N-dealkylation sites (tertiary alicyclic amines) is 1. The van der Waals surface area contributed by atoms with Crippen molar-refractivity contribution in [1.82, 2.24) is 15.1 Å². The Morgan fingerprint density at radius 2 is 2.16 bits per heavy atom. The summed E-state index contributed by atoms with van der Waals surface area (Å²) in [5.74, 6) is -0.356. The van der Waals surface area contributed by atoms with Crippen molar-refractivity contribution in [3.8, 4) is 0 Å². The molecule has 0 bridgehead atoms. The third-order valence-corrected chi connectivity index (χ3v) is 5.58. The van der Waals surface area contributed by atoms with Crippen molar-refractivity contribution < 1.29 is 9.59 Å². The summed E-state index contributed by atoms with van der Waals surface area (Å²) < 4.78 is 0. The van der Waals surface area contributed by atoms with Gasteiger partial charge in [-0.15, -0.1) is 10.2 Å². The fourth-order valence-corrected chi connectivity index (χ4v) is 3.60. The number of aromatic nitrogens is 2. The van der Waals surface area contributed by atoms with E-state index in [1.54, 1.807) is 11.0 Å². The highest BCUT2D eigenvalue weighted by Gasteiger charge is 2.34. The normalized spacial score (nSPS) is 17.4. The van der Waals surface area contributed by atoms with Gasteiger partial charge in [0.15, 0.2) is 0 Å². The van der Waals surface area contributed by atoms with E-state index in [0.717, 1.165) is 10.6 Å². The second kappa shape index (κ2) is 7.49. The number of anilines is 1. The van der Waals surface area contributed by atoms with Gasteiger partial charge in [0.2, 0.25) is 16.9 Å². The SMILES string of the molecule is CC(C)c1nnc(NC(=O)C2CC(=O)N(Cc3ccccc3Cl)C2)s1. The first-order valence-electron chi connectivity index (χ1n) is 8.09. The Kier molecular flexibility index (Phi) is 5.34. The zero-order chi connectivity index (χ0) is 18.0. The zero-order valence-corrected chi connectivity index (χ0v) is 15.6. The van der Waals surface area contributed by atoms with Gasteiger partial charge >= 0.3 is 0 Å². The maximum absolute atomic E-state index is 12.4. The molecule has 1 saturated heterocycles. The number of halogens is 1. The van der Waals surface area contributed by atoms with E-state index in [2.05, 4.69) is 15.5 Å². The molecule has 132 valence electrons. The lowest BCUT2D eigenvalue weighted by Gasteiger charge is -2.17. The fraction of sp³-hybridized carbons (Fsp3) is 0.412. The molecule has 1 unspecified atom stereocenters. The number of carbonyl (C=O) groups is 2. The number of hydrogen-bond donors (Lipinski definition) is 1. The Morgan fingerprint density at radius 1 is 1.40 bits per heavy atom. The van der Waals surface area contributed by atoms with Gasteiger partial charge in [-0.1, -0.05) is 55.0 Å². The molecular weight excluding hydrogens is 360 g/mol. The molecule has 1 aromatic heterocycles. The summed E-state index contributed by atoms with van der Waals surface area (Å²) in [5, 5.41) is 12.8. The van der Waals surface area contributed by atoms with Gasteiger partial charge < -0.3 is 10.2 Å². The van der Waals surface area contributed by atoms with Gasteiger partial charge in [-0.05, 0) is 11.6 Å². The number of amides is 2. The van der Waals surface area contributed by atoms with E-state index in [1.807, 2.05) is 32.0 Å². The number of hydrogen-bond acceptors (Lipinski definition) is 5. The molecule has 1 aliphatic rings. The first-order chi connectivity index (χ1) is 11.9. The average Bonchev–Trinajstić information content (AvgIpc) is 3.17. The van der Waals surface area contributed by atoms with Crippen LogP contribution >= 0.6 is 22.9 Å². The highest BCUT2D eigenvalue weighted by molar-refractivity contribution is 7.15. The Morgan fingerprint density at radius 3 is 2.84 bits per heavy atom. The molecule has 8 heteroatoms. The molecule has 0 aliphatic carbocycles. The lowest BCUT2D eigenvalue weighted by molar-refractivity contribution is -0.128. The van der Waals surface area contributed by atoms with Crippen LogP contribution in [0.5, 0.6) is 0 Å². The van der Waals surface area contributed by atoms with E-state index >= 15 is 0 Å². The summed E-state index contributed by atoms with van der Waals surface area (Å²) in [5.41, 5.74) is 0.879. The van der Waals surface area contributed by atoms with Crippen molar-refractivity contribution >= 4 is 39.9 Å². The molecule has 2 aromatic rings. The van der Waals surface area contributed by atoms with Gasteiger partial charge in [-0.2, -0.15) is 0 Å². The topological polar surface area (TPSA) is 75.2 Å². The van der Waals surface area contributed by atoms with Crippen molar-refractivity contribution in [2.45, 2.75) is 32.7 Å². The minimum Gasteiger partial charge on any atom is -0.337 e. The van der Waals surface area contributed by atoms with Crippen LogP contribution in [0.2, 0.25) is 5.02 Å². The standard InChI is InChI=1S/C17H19ClN4O2S/c1-10(2)16-20-21-17(25-16)19-15(24)12-7-14(23)22(9-12)8-11-5-3-4-6-13(11)18/h3-6,10,12H,7-9H2,1-2H3,(H,19,21,24). The highest BCUT2D eigenvalue weighted by Crippen LogP contribution is 2.26. The van der Waals surface area contributed by atoms with Crippen LogP contribution in [0.3, 0.4) is 0 Å². The quantitative estimate of drug-likeness (QED) is 0.866. The Hall–Kier alpha value is -1.99. The smallest absolute Gasteiger partial charge is 0.231 e. The van der Waals surface area contributed by atoms with Crippen LogP contribution in [0.15, 0.2) is 24.3 Å². The molecule has 1 atom stereocenters. The summed E-state index contributed by atoms with van der Waals surface area (Å²) in [6.45, 7) is 4.84. The van der Waals surface area contributed by atoms with Crippen LogP contribution in [0.25, 0.3) is 0 Å². The fourth-order valence-electron chi connectivity index (χ4n) is 2.66. The third-order valence-electron chi connectivity index (χ3n) is 4.07. The molecule has 25 heavy (non-hydrogen) atoms. The first-order valence-corrected chi connectivity index (χ1v) is 9.29. The molecule has 2 heterocycles. The summed E-state index contributed by atoms with van der Waals surface area (Å²) in [6.07, 6.45) is 0.201. The van der Waals surface area contributed by atoms with Crippen molar-refractivity contribution in [2.75, 3.05) is 11.9 Å². The number of nitrogens with one attached hydrogen (secondary N) is 1. The molecule has 1 aliphatic heterocycles. The van der Waals surface area contributed by atoms with Crippen molar-refractivity contribution in [1.29, 1.82) is 0 Å². The minimum atomic E-state index is -0.388. The number of benzene rings is 1. The van der Waals surface area contributed by atoms with Crippen molar-refractivity contribution in [3.63, 3.8) is 0 Å². The predicted octanol–water partition coefficient (Wildman–Crippen LogP) is 3.30. The molecule has 1 fully saturated rings. The van der Waals surface area contributed by atoms with Crippen LogP contribution in [-0.4, -0.2) is 33.5 Å². The van der Waals surface area contributed by atoms with Crippen LogP contribution in [0.4, 0.5) is 5.13 Å². The molecular formula is C17H19ClN4O2S. The van der Waals surface area contributed by atoms with Gasteiger partial charge in [-0.3, -0.25) is 9.59 Å². The van der Waals surface area contributed by atoms with Gasteiger partial charge in [0, 0.05) is 30.5 Å².